The molecule has 0 spiro atoms. The largest absolute Gasteiger partial charge is 0.488 e. The maximum absolute atomic E-state index is 11.2. The molecule has 25 heavy (non-hydrogen) atoms. The molecule has 2 aliphatic heterocycles. The Kier molecular flexibility index (Phi) is 5.35. The van der Waals surface area contributed by atoms with Crippen LogP contribution in [-0.4, -0.2) is 47.9 Å². The van der Waals surface area contributed by atoms with E-state index >= 15 is 0 Å². The number of benzene rings is 1. The molecule has 3 rings (SSSR count). The second kappa shape index (κ2) is 7.34. The summed E-state index contributed by atoms with van der Waals surface area (Å²) in [4.78, 5) is 13.6. The predicted octanol–water partition coefficient (Wildman–Crippen LogP) is 3.10. The molecule has 1 N–H and O–H groups in total. The molecule has 0 saturated carbocycles. The van der Waals surface area contributed by atoms with E-state index in [1.807, 2.05) is 0 Å². The molecule has 1 unspecified atom stereocenters. The minimum atomic E-state index is -0.849. The van der Waals surface area contributed by atoms with Crippen LogP contribution in [0.15, 0.2) is 18.2 Å². The van der Waals surface area contributed by atoms with Crippen LogP contribution in [0.4, 0.5) is 0 Å². The van der Waals surface area contributed by atoms with Crippen molar-refractivity contribution in [3.8, 4) is 5.75 Å². The van der Waals surface area contributed by atoms with Crippen molar-refractivity contribution in [1.82, 2.24) is 4.90 Å². The van der Waals surface area contributed by atoms with E-state index in [1.165, 1.54) is 18.2 Å². The highest BCUT2D eigenvalue weighted by atomic mass is 16.5. The van der Waals surface area contributed by atoms with Gasteiger partial charge in [0, 0.05) is 13.7 Å². The lowest BCUT2D eigenvalue weighted by atomic mass is 9.90. The lowest BCUT2D eigenvalue weighted by Crippen LogP contribution is -2.41. The van der Waals surface area contributed by atoms with Crippen LogP contribution in [0.1, 0.15) is 44.2 Å². The van der Waals surface area contributed by atoms with Gasteiger partial charge in [-0.15, -0.1) is 0 Å². The number of fused-ring (bicyclic) bond motifs is 1. The van der Waals surface area contributed by atoms with Crippen LogP contribution in [0.3, 0.4) is 0 Å². The van der Waals surface area contributed by atoms with Gasteiger partial charge >= 0.3 is 5.97 Å². The summed E-state index contributed by atoms with van der Waals surface area (Å²) in [5, 5.41) is 9.23. The number of methoxy groups -OCH3 is 1. The van der Waals surface area contributed by atoms with Gasteiger partial charge in [0.1, 0.15) is 11.4 Å². The molecular weight excluding hydrogens is 318 g/mol. The van der Waals surface area contributed by atoms with Gasteiger partial charge in [0.05, 0.1) is 0 Å². The Balaban J connectivity index is 1.57. The zero-order valence-corrected chi connectivity index (χ0v) is 15.5. The van der Waals surface area contributed by atoms with E-state index in [4.69, 9.17) is 9.47 Å². The maximum atomic E-state index is 11.2. The monoisotopic (exact) mass is 347 g/mol. The normalized spacial score (nSPS) is 22.0. The van der Waals surface area contributed by atoms with E-state index in [0.29, 0.717) is 0 Å². The van der Waals surface area contributed by atoms with Crippen molar-refractivity contribution in [3.63, 3.8) is 0 Å². The topological polar surface area (TPSA) is 59.0 Å². The quantitative estimate of drug-likeness (QED) is 0.887. The summed E-state index contributed by atoms with van der Waals surface area (Å²) in [6.07, 6.45) is 3.17. The molecule has 1 atom stereocenters. The summed E-state index contributed by atoms with van der Waals surface area (Å²) >= 11 is 0. The van der Waals surface area contributed by atoms with Crippen molar-refractivity contribution in [3.05, 3.63) is 29.3 Å². The van der Waals surface area contributed by atoms with Crippen LogP contribution in [-0.2, 0) is 22.5 Å². The number of likely N-dealkylation sites (tertiary alicyclic amines) is 1. The van der Waals surface area contributed by atoms with Crippen LogP contribution >= 0.6 is 0 Å². The van der Waals surface area contributed by atoms with Gasteiger partial charge < -0.3 is 14.6 Å². The molecule has 5 heteroatoms. The van der Waals surface area contributed by atoms with Crippen molar-refractivity contribution >= 4 is 5.97 Å². The minimum absolute atomic E-state index is 0.0710. The molecule has 1 aromatic rings. The molecular formula is C20H29NO4. The summed E-state index contributed by atoms with van der Waals surface area (Å²) in [5.41, 5.74) is 2.54. The Morgan fingerprint density at radius 2 is 2.12 bits per heavy atom. The van der Waals surface area contributed by atoms with Crippen LogP contribution in [0.5, 0.6) is 5.75 Å². The highest BCUT2D eigenvalue weighted by molar-refractivity contribution is 5.72. The van der Waals surface area contributed by atoms with E-state index in [-0.39, 0.29) is 11.5 Å². The van der Waals surface area contributed by atoms with Gasteiger partial charge in [-0.1, -0.05) is 12.1 Å². The molecule has 0 bridgehead atoms. The number of carbonyl (C=O) groups is 1. The Bertz CT molecular complexity index is 620. The van der Waals surface area contributed by atoms with Gasteiger partial charge in [0.25, 0.3) is 0 Å². The minimum Gasteiger partial charge on any atom is -0.488 e. The number of carboxylic acid groups (broad SMARTS) is 1. The average molecular weight is 347 g/mol. The van der Waals surface area contributed by atoms with Gasteiger partial charge in [-0.05, 0) is 75.7 Å². The molecule has 0 radical (unpaired) electrons. The third-order valence-electron chi connectivity index (χ3n) is 5.47. The zero-order chi connectivity index (χ0) is 18.0. The first-order chi connectivity index (χ1) is 11.9. The molecule has 1 saturated heterocycles. The number of hydrogen-bond donors (Lipinski definition) is 1. The first-order valence-electron chi connectivity index (χ1n) is 9.17. The highest BCUT2D eigenvalue weighted by Gasteiger charge is 2.31. The number of carboxylic acids is 1. The predicted molar refractivity (Wildman–Crippen MR) is 95.9 cm³/mol. The average Bonchev–Trinajstić information content (AvgIpc) is 2.56. The molecule has 2 heterocycles. The Hall–Kier alpha value is -1.59. The van der Waals surface area contributed by atoms with Gasteiger partial charge in [-0.25, -0.2) is 4.79 Å². The molecule has 0 aliphatic carbocycles. The smallest absolute Gasteiger partial charge is 0.333 e. The summed E-state index contributed by atoms with van der Waals surface area (Å²) in [5.74, 6) is 0.277. The third kappa shape index (κ3) is 4.33. The number of aryl methyl sites for hydroxylation is 1. The Morgan fingerprint density at radius 1 is 1.40 bits per heavy atom. The first-order valence-corrected chi connectivity index (χ1v) is 9.17. The van der Waals surface area contributed by atoms with Crippen LogP contribution in [0, 0.1) is 5.92 Å². The zero-order valence-electron chi connectivity index (χ0n) is 15.5. The Labute approximate surface area is 149 Å². The summed E-state index contributed by atoms with van der Waals surface area (Å²) in [6, 6.07) is 6.52. The van der Waals surface area contributed by atoms with Gasteiger partial charge in [-0.3, -0.25) is 4.90 Å². The number of piperidine rings is 1. The van der Waals surface area contributed by atoms with Crippen LogP contribution in [0.2, 0.25) is 0 Å². The number of aliphatic carboxylic acids is 1. The number of hydrogen-bond acceptors (Lipinski definition) is 4. The van der Waals surface area contributed by atoms with Crippen LogP contribution in [0.25, 0.3) is 0 Å². The van der Waals surface area contributed by atoms with Crippen molar-refractivity contribution in [1.29, 1.82) is 0 Å². The van der Waals surface area contributed by atoms with Crippen molar-refractivity contribution in [2.75, 3.05) is 20.2 Å². The van der Waals surface area contributed by atoms with E-state index in [9.17, 15) is 9.90 Å². The van der Waals surface area contributed by atoms with Crippen molar-refractivity contribution in [2.24, 2.45) is 5.92 Å². The fourth-order valence-corrected chi connectivity index (χ4v) is 3.98. The number of ether oxygens (including phenoxy) is 2. The molecule has 1 fully saturated rings. The molecule has 2 aliphatic rings. The van der Waals surface area contributed by atoms with Crippen LogP contribution < -0.4 is 4.74 Å². The third-order valence-corrected chi connectivity index (χ3v) is 5.47. The van der Waals surface area contributed by atoms with E-state index in [2.05, 4.69) is 36.9 Å². The second-order valence-electron chi connectivity index (χ2n) is 7.91. The summed E-state index contributed by atoms with van der Waals surface area (Å²) in [6.45, 7) is 7.02. The highest BCUT2D eigenvalue weighted by Crippen LogP contribution is 2.34. The van der Waals surface area contributed by atoms with E-state index in [0.717, 1.165) is 51.1 Å². The second-order valence-corrected chi connectivity index (χ2v) is 7.91. The lowest BCUT2D eigenvalue weighted by Gasteiger charge is -2.35. The lowest BCUT2D eigenvalue weighted by molar-refractivity contribution is -0.153. The fraction of sp³-hybridized carbons (Fsp3) is 0.650. The van der Waals surface area contributed by atoms with Crippen molar-refractivity contribution in [2.45, 2.75) is 57.8 Å². The number of rotatable bonds is 5. The molecule has 5 nitrogen and oxygen atoms in total. The standard InChI is InChI=1S/C20H29NO4/c1-20(2)9-6-16-12-14(4-5-17(16)25-20)13-21-10-7-15(8-11-21)18(24-3)19(22)23/h4-5,12,15,18H,6-11,13H2,1-3H3,(H,22,23). The Morgan fingerprint density at radius 3 is 2.76 bits per heavy atom. The molecule has 1 aromatic carbocycles. The fourth-order valence-electron chi connectivity index (χ4n) is 3.98. The van der Waals surface area contributed by atoms with Crippen molar-refractivity contribution < 1.29 is 19.4 Å². The van der Waals surface area contributed by atoms with Gasteiger partial charge in [0.15, 0.2) is 6.10 Å². The van der Waals surface area contributed by atoms with Gasteiger partial charge in [0.2, 0.25) is 0 Å². The summed E-state index contributed by atoms with van der Waals surface area (Å²) < 4.78 is 11.2. The first kappa shape index (κ1) is 18.2. The van der Waals surface area contributed by atoms with E-state index in [1.54, 1.807) is 0 Å². The number of nitrogens with zero attached hydrogens (tertiary/aromatic N) is 1. The summed E-state index contributed by atoms with van der Waals surface area (Å²) in [7, 11) is 1.49. The van der Waals surface area contributed by atoms with E-state index < -0.39 is 12.1 Å². The molecule has 0 aromatic heterocycles. The maximum Gasteiger partial charge on any atom is 0.333 e. The molecule has 138 valence electrons. The van der Waals surface area contributed by atoms with Gasteiger partial charge in [-0.2, -0.15) is 0 Å². The molecule has 0 amide bonds. The SMILES string of the molecule is COC(C(=O)O)C1CCN(Cc2ccc3c(c2)CCC(C)(C)O3)CC1.